The molecule has 0 aliphatic rings. The molecular formula is C17H10F3IN4O4. The molecule has 0 unspecified atom stereocenters. The molecule has 1 heterocycles. The van der Waals surface area contributed by atoms with E-state index in [9.17, 15) is 28.1 Å². The van der Waals surface area contributed by atoms with Crippen LogP contribution in [0.5, 0.6) is 11.5 Å². The van der Waals surface area contributed by atoms with Crippen molar-refractivity contribution in [3.8, 4) is 11.5 Å². The number of carbonyl (C=O) groups excluding carboxylic acids is 1. The average Bonchev–Trinajstić information content (AvgIpc) is 3.07. The zero-order valence-corrected chi connectivity index (χ0v) is 16.3. The predicted molar refractivity (Wildman–Crippen MR) is 104 cm³/mol. The van der Waals surface area contributed by atoms with Gasteiger partial charge in [-0.3, -0.25) is 20.0 Å². The first kappa shape index (κ1) is 20.6. The number of ether oxygens (including phenoxy) is 1. The van der Waals surface area contributed by atoms with E-state index in [0.29, 0.717) is 3.57 Å². The summed E-state index contributed by atoms with van der Waals surface area (Å²) >= 11 is 1.88. The van der Waals surface area contributed by atoms with Crippen LogP contribution in [0.15, 0.2) is 48.7 Å². The van der Waals surface area contributed by atoms with Crippen molar-refractivity contribution in [3.05, 3.63) is 73.6 Å². The Balaban J connectivity index is 1.90. The lowest BCUT2D eigenvalue weighted by molar-refractivity contribution is -0.384. The standard InChI is InChI=1S/C17H10F3IN4O4/c18-17(19,20)9-2-1-3-12(4-9)29-13-6-10(5-11(7-13)25(27)28)23-16(26)15-14(21)8-22-24-15/h1-8H,(H,22,24)(H,23,26). The van der Waals surface area contributed by atoms with Crippen LogP contribution in [0.4, 0.5) is 24.5 Å². The van der Waals surface area contributed by atoms with Gasteiger partial charge in [0.25, 0.3) is 11.6 Å². The van der Waals surface area contributed by atoms with E-state index >= 15 is 0 Å². The monoisotopic (exact) mass is 518 g/mol. The van der Waals surface area contributed by atoms with Gasteiger partial charge in [-0.05, 0) is 40.8 Å². The van der Waals surface area contributed by atoms with Gasteiger partial charge in [-0.15, -0.1) is 0 Å². The molecule has 3 rings (SSSR count). The number of nitrogens with zero attached hydrogens (tertiary/aromatic N) is 2. The van der Waals surface area contributed by atoms with Crippen LogP contribution >= 0.6 is 22.6 Å². The first-order chi connectivity index (χ1) is 13.6. The minimum atomic E-state index is -4.57. The molecule has 0 radical (unpaired) electrons. The summed E-state index contributed by atoms with van der Waals surface area (Å²) in [6.07, 6.45) is -3.15. The molecule has 2 aromatic carbocycles. The average molecular weight is 518 g/mol. The quantitative estimate of drug-likeness (QED) is 0.281. The lowest BCUT2D eigenvalue weighted by Gasteiger charge is -2.11. The van der Waals surface area contributed by atoms with Crippen LogP contribution in [-0.2, 0) is 6.18 Å². The molecule has 1 amide bonds. The van der Waals surface area contributed by atoms with Gasteiger partial charge in [0.2, 0.25) is 0 Å². The molecule has 3 aromatic rings. The van der Waals surface area contributed by atoms with E-state index in [2.05, 4.69) is 15.5 Å². The second-order valence-corrected chi connectivity index (χ2v) is 6.81. The summed E-state index contributed by atoms with van der Waals surface area (Å²) in [6, 6.07) is 7.46. The van der Waals surface area contributed by atoms with Crippen LogP contribution in [0.2, 0.25) is 0 Å². The summed E-state index contributed by atoms with van der Waals surface area (Å²) in [5, 5.41) is 19.9. The predicted octanol–water partition coefficient (Wildman–Crippen LogP) is 4.99. The van der Waals surface area contributed by atoms with Crippen molar-refractivity contribution in [2.24, 2.45) is 0 Å². The van der Waals surface area contributed by atoms with Crippen molar-refractivity contribution < 1.29 is 27.6 Å². The SMILES string of the molecule is O=C(Nc1cc(Oc2cccc(C(F)(F)F)c2)cc([N+](=O)[O-])c1)c1[nH]ncc1I. The van der Waals surface area contributed by atoms with Crippen LogP contribution < -0.4 is 10.1 Å². The highest BCUT2D eigenvalue weighted by Gasteiger charge is 2.30. The van der Waals surface area contributed by atoms with Crippen molar-refractivity contribution in [1.82, 2.24) is 10.2 Å². The Morgan fingerprint density at radius 2 is 1.97 bits per heavy atom. The fourth-order valence-corrected chi connectivity index (χ4v) is 2.82. The lowest BCUT2D eigenvalue weighted by Crippen LogP contribution is -2.14. The van der Waals surface area contributed by atoms with E-state index in [4.69, 9.17) is 4.74 Å². The minimum Gasteiger partial charge on any atom is -0.457 e. The van der Waals surface area contributed by atoms with Gasteiger partial charge in [0.15, 0.2) is 0 Å². The summed E-state index contributed by atoms with van der Waals surface area (Å²) in [5.74, 6) is -0.883. The lowest BCUT2D eigenvalue weighted by atomic mass is 10.2. The van der Waals surface area contributed by atoms with E-state index in [1.807, 2.05) is 22.6 Å². The molecule has 29 heavy (non-hydrogen) atoms. The molecule has 0 saturated heterocycles. The maximum Gasteiger partial charge on any atom is 0.416 e. The third-order valence-electron chi connectivity index (χ3n) is 3.58. The van der Waals surface area contributed by atoms with Crippen molar-refractivity contribution in [2.45, 2.75) is 6.18 Å². The normalized spacial score (nSPS) is 11.2. The smallest absolute Gasteiger partial charge is 0.416 e. The van der Waals surface area contributed by atoms with Crippen molar-refractivity contribution >= 4 is 39.9 Å². The Labute approximate surface area is 174 Å². The van der Waals surface area contributed by atoms with E-state index in [0.717, 1.165) is 30.3 Å². The van der Waals surface area contributed by atoms with Crippen LogP contribution in [0, 0.1) is 13.7 Å². The molecule has 150 valence electrons. The second-order valence-electron chi connectivity index (χ2n) is 5.65. The molecule has 2 N–H and O–H groups in total. The molecule has 0 atom stereocenters. The summed E-state index contributed by atoms with van der Waals surface area (Å²) < 4.78 is 44.4. The Bertz CT molecular complexity index is 1080. The molecule has 0 saturated carbocycles. The molecule has 0 fully saturated rings. The highest BCUT2D eigenvalue weighted by atomic mass is 127. The molecule has 0 bridgehead atoms. The maximum absolute atomic E-state index is 12.9. The van der Waals surface area contributed by atoms with Crippen LogP contribution in [-0.4, -0.2) is 21.0 Å². The number of rotatable bonds is 5. The van der Waals surface area contributed by atoms with Gasteiger partial charge in [0.05, 0.1) is 32.0 Å². The topological polar surface area (TPSA) is 110 Å². The number of nitro groups is 1. The van der Waals surface area contributed by atoms with Gasteiger partial charge in [0, 0.05) is 12.1 Å². The number of aromatic nitrogens is 2. The number of aromatic amines is 1. The van der Waals surface area contributed by atoms with Gasteiger partial charge in [-0.1, -0.05) is 6.07 Å². The summed E-state index contributed by atoms with van der Waals surface area (Å²) in [6.45, 7) is 0. The largest absolute Gasteiger partial charge is 0.457 e. The van der Waals surface area contributed by atoms with Gasteiger partial charge in [-0.2, -0.15) is 18.3 Å². The molecule has 0 aliphatic heterocycles. The highest BCUT2D eigenvalue weighted by molar-refractivity contribution is 14.1. The summed E-state index contributed by atoms with van der Waals surface area (Å²) in [5.41, 5.74) is -1.17. The first-order valence-corrected chi connectivity index (χ1v) is 8.86. The summed E-state index contributed by atoms with van der Waals surface area (Å²) in [7, 11) is 0. The number of hydrogen-bond donors (Lipinski definition) is 2. The van der Waals surface area contributed by atoms with Gasteiger partial charge >= 0.3 is 6.18 Å². The third-order valence-corrected chi connectivity index (χ3v) is 4.40. The van der Waals surface area contributed by atoms with E-state index in [1.165, 1.54) is 18.3 Å². The van der Waals surface area contributed by atoms with Gasteiger partial charge < -0.3 is 10.1 Å². The number of H-pyrrole nitrogens is 1. The number of amides is 1. The van der Waals surface area contributed by atoms with E-state index in [1.54, 1.807) is 0 Å². The Morgan fingerprint density at radius 3 is 2.59 bits per heavy atom. The number of benzene rings is 2. The number of anilines is 1. The Morgan fingerprint density at radius 1 is 1.21 bits per heavy atom. The van der Waals surface area contributed by atoms with Crippen LogP contribution in [0.3, 0.4) is 0 Å². The van der Waals surface area contributed by atoms with Crippen LogP contribution in [0.25, 0.3) is 0 Å². The number of hydrogen-bond acceptors (Lipinski definition) is 5. The number of alkyl halides is 3. The summed E-state index contributed by atoms with van der Waals surface area (Å²) in [4.78, 5) is 22.7. The number of carbonyl (C=O) groups is 1. The molecule has 0 spiro atoms. The van der Waals surface area contributed by atoms with Crippen molar-refractivity contribution in [1.29, 1.82) is 0 Å². The van der Waals surface area contributed by atoms with E-state index in [-0.39, 0.29) is 22.9 Å². The Hall–Kier alpha value is -3.16. The number of halogens is 4. The van der Waals surface area contributed by atoms with E-state index < -0.39 is 28.3 Å². The van der Waals surface area contributed by atoms with Gasteiger partial charge in [0.1, 0.15) is 17.2 Å². The molecule has 0 aliphatic carbocycles. The van der Waals surface area contributed by atoms with Crippen molar-refractivity contribution in [3.63, 3.8) is 0 Å². The number of nitro benzene ring substituents is 1. The minimum absolute atomic E-state index is 0.0246. The van der Waals surface area contributed by atoms with Gasteiger partial charge in [-0.25, -0.2) is 0 Å². The first-order valence-electron chi connectivity index (χ1n) is 7.78. The highest BCUT2D eigenvalue weighted by Crippen LogP contribution is 2.34. The van der Waals surface area contributed by atoms with Crippen molar-refractivity contribution in [2.75, 3.05) is 5.32 Å². The molecule has 1 aromatic heterocycles. The number of non-ortho nitro benzene ring substituents is 1. The molecule has 8 nitrogen and oxygen atoms in total. The Kier molecular flexibility index (Phi) is 5.72. The molecular weight excluding hydrogens is 508 g/mol. The van der Waals surface area contributed by atoms with Crippen LogP contribution in [0.1, 0.15) is 16.1 Å². The fraction of sp³-hybridized carbons (Fsp3) is 0.0588. The number of nitrogens with one attached hydrogen (secondary N) is 2. The second kappa shape index (κ2) is 8.06. The fourth-order valence-electron chi connectivity index (χ4n) is 2.32. The maximum atomic E-state index is 12.9. The molecule has 12 heteroatoms. The zero-order valence-electron chi connectivity index (χ0n) is 14.2. The zero-order chi connectivity index (χ0) is 21.2. The third kappa shape index (κ3) is 5.01.